The molecule has 1 atom stereocenters. The van der Waals surface area contributed by atoms with Crippen LogP contribution >= 0.6 is 0 Å². The first kappa shape index (κ1) is 12.8. The van der Waals surface area contributed by atoms with Crippen molar-refractivity contribution in [3.63, 3.8) is 0 Å². The van der Waals surface area contributed by atoms with Gasteiger partial charge in [0.1, 0.15) is 0 Å². The normalized spacial score (nSPS) is 15.7. The lowest BCUT2D eigenvalue weighted by atomic mass is 10.1. The van der Waals surface area contributed by atoms with Gasteiger partial charge in [-0.1, -0.05) is 32.0 Å². The third-order valence-corrected chi connectivity index (χ3v) is 2.79. The van der Waals surface area contributed by atoms with E-state index in [9.17, 15) is 5.11 Å². The van der Waals surface area contributed by atoms with Crippen molar-refractivity contribution < 1.29 is 5.11 Å². The van der Waals surface area contributed by atoms with Gasteiger partial charge in [0, 0.05) is 18.2 Å². The summed E-state index contributed by atoms with van der Waals surface area (Å²) in [5, 5.41) is 17.4. The Labute approximate surface area is 107 Å². The third kappa shape index (κ3) is 3.18. The second-order valence-electron chi connectivity index (χ2n) is 4.68. The molecule has 0 bridgehead atoms. The van der Waals surface area contributed by atoms with E-state index in [0.717, 1.165) is 16.8 Å². The molecule has 1 aliphatic heterocycles. The molecule has 1 aromatic rings. The van der Waals surface area contributed by atoms with Gasteiger partial charge in [-0.2, -0.15) is 5.10 Å². The Kier molecular flexibility index (Phi) is 4.12. The number of fused-ring (bicyclic) bond motifs is 1. The van der Waals surface area contributed by atoms with E-state index in [2.05, 4.69) is 29.7 Å². The number of hydrogen-bond acceptors (Lipinski definition) is 4. The van der Waals surface area contributed by atoms with Gasteiger partial charge in [0.05, 0.1) is 18.0 Å². The Hall–Kier alpha value is -1.65. The number of nitrogens with zero attached hydrogens (tertiary/aromatic N) is 1. The van der Waals surface area contributed by atoms with Gasteiger partial charge in [-0.25, -0.2) is 0 Å². The van der Waals surface area contributed by atoms with E-state index < -0.39 is 6.10 Å². The maximum Gasteiger partial charge on any atom is 0.0930 e. The Morgan fingerprint density at radius 1 is 1.33 bits per heavy atom. The van der Waals surface area contributed by atoms with Crippen LogP contribution in [0.15, 0.2) is 34.9 Å². The van der Waals surface area contributed by atoms with Crippen LogP contribution in [0.1, 0.15) is 19.4 Å². The fourth-order valence-corrected chi connectivity index (χ4v) is 1.77. The molecule has 1 aliphatic rings. The van der Waals surface area contributed by atoms with E-state index in [4.69, 9.17) is 0 Å². The molecule has 18 heavy (non-hydrogen) atoms. The number of para-hydroxylation sites is 1. The first-order valence-corrected chi connectivity index (χ1v) is 6.18. The van der Waals surface area contributed by atoms with Crippen LogP contribution in [-0.4, -0.2) is 30.0 Å². The quantitative estimate of drug-likeness (QED) is 0.758. The standard InChI is InChI=1S/C14H19N3O/c1-10(2)15-9-14(18)12-7-11-5-3-4-6-13(11)17-16-8-12/h3-8,10,14-15,17-18H,9H2,1-2H3. The molecule has 4 nitrogen and oxygen atoms in total. The van der Waals surface area contributed by atoms with E-state index in [0.29, 0.717) is 12.6 Å². The number of benzene rings is 1. The van der Waals surface area contributed by atoms with Crippen LogP contribution in [0.2, 0.25) is 0 Å². The second-order valence-corrected chi connectivity index (χ2v) is 4.68. The number of aliphatic hydroxyl groups is 1. The van der Waals surface area contributed by atoms with Crippen molar-refractivity contribution in [2.75, 3.05) is 12.0 Å². The smallest absolute Gasteiger partial charge is 0.0930 e. The van der Waals surface area contributed by atoms with E-state index in [1.54, 1.807) is 6.21 Å². The summed E-state index contributed by atoms with van der Waals surface area (Å²) in [5.74, 6) is 0. The average molecular weight is 245 g/mol. The predicted octanol–water partition coefficient (Wildman–Crippen LogP) is 1.84. The first-order chi connectivity index (χ1) is 8.66. The van der Waals surface area contributed by atoms with Crippen molar-refractivity contribution >= 4 is 18.0 Å². The maximum atomic E-state index is 10.1. The fourth-order valence-electron chi connectivity index (χ4n) is 1.77. The van der Waals surface area contributed by atoms with Gasteiger partial charge in [0.2, 0.25) is 0 Å². The molecule has 4 heteroatoms. The summed E-state index contributed by atoms with van der Waals surface area (Å²) >= 11 is 0. The largest absolute Gasteiger partial charge is 0.387 e. The molecule has 1 aromatic carbocycles. The highest BCUT2D eigenvalue weighted by molar-refractivity contribution is 5.90. The van der Waals surface area contributed by atoms with Gasteiger partial charge < -0.3 is 10.4 Å². The van der Waals surface area contributed by atoms with Gasteiger partial charge in [-0.3, -0.25) is 5.43 Å². The van der Waals surface area contributed by atoms with Crippen molar-refractivity contribution in [3.05, 3.63) is 35.4 Å². The van der Waals surface area contributed by atoms with Gasteiger partial charge in [-0.05, 0) is 17.7 Å². The minimum absolute atomic E-state index is 0.355. The Bertz CT molecular complexity index is 466. The molecule has 0 saturated carbocycles. The number of aliphatic hydroxyl groups excluding tert-OH is 1. The first-order valence-electron chi connectivity index (χ1n) is 6.18. The summed E-state index contributed by atoms with van der Waals surface area (Å²) in [6.45, 7) is 4.63. The highest BCUT2D eigenvalue weighted by Gasteiger charge is 2.12. The fraction of sp³-hybridized carbons (Fsp3) is 0.357. The van der Waals surface area contributed by atoms with Crippen molar-refractivity contribution in [2.45, 2.75) is 26.0 Å². The Morgan fingerprint density at radius 3 is 2.89 bits per heavy atom. The summed E-state index contributed by atoms with van der Waals surface area (Å²) in [6.07, 6.45) is 3.09. The lowest BCUT2D eigenvalue weighted by Crippen LogP contribution is -2.33. The minimum atomic E-state index is -0.552. The van der Waals surface area contributed by atoms with Crippen molar-refractivity contribution in [1.29, 1.82) is 0 Å². The molecule has 2 rings (SSSR count). The van der Waals surface area contributed by atoms with Crippen LogP contribution in [0.25, 0.3) is 6.08 Å². The molecule has 3 N–H and O–H groups in total. The van der Waals surface area contributed by atoms with Crippen LogP contribution < -0.4 is 10.7 Å². The molecular weight excluding hydrogens is 226 g/mol. The Balaban J connectivity index is 2.15. The number of rotatable bonds is 4. The monoisotopic (exact) mass is 245 g/mol. The lowest BCUT2D eigenvalue weighted by Gasteiger charge is -2.14. The summed E-state index contributed by atoms with van der Waals surface area (Å²) in [7, 11) is 0. The molecule has 96 valence electrons. The van der Waals surface area contributed by atoms with Gasteiger partial charge in [0.15, 0.2) is 0 Å². The molecule has 1 heterocycles. The lowest BCUT2D eigenvalue weighted by molar-refractivity contribution is 0.210. The summed E-state index contributed by atoms with van der Waals surface area (Å²) in [4.78, 5) is 0. The van der Waals surface area contributed by atoms with Crippen molar-refractivity contribution in [3.8, 4) is 0 Å². The van der Waals surface area contributed by atoms with E-state index >= 15 is 0 Å². The summed E-state index contributed by atoms with van der Waals surface area (Å²) < 4.78 is 0. The predicted molar refractivity (Wildman–Crippen MR) is 75.7 cm³/mol. The highest BCUT2D eigenvalue weighted by atomic mass is 16.3. The van der Waals surface area contributed by atoms with Crippen LogP contribution in [0.5, 0.6) is 0 Å². The molecule has 0 fully saturated rings. The van der Waals surface area contributed by atoms with E-state index in [1.807, 2.05) is 30.3 Å². The zero-order chi connectivity index (χ0) is 13.0. The summed E-state index contributed by atoms with van der Waals surface area (Å²) in [6, 6.07) is 8.24. The molecule has 0 spiro atoms. The zero-order valence-electron chi connectivity index (χ0n) is 10.7. The molecule has 0 aliphatic carbocycles. The van der Waals surface area contributed by atoms with Crippen LogP contribution in [0.4, 0.5) is 5.69 Å². The maximum absolute atomic E-state index is 10.1. The van der Waals surface area contributed by atoms with E-state index in [-0.39, 0.29) is 0 Å². The van der Waals surface area contributed by atoms with Crippen molar-refractivity contribution in [1.82, 2.24) is 5.32 Å². The average Bonchev–Trinajstić information content (AvgIpc) is 2.57. The van der Waals surface area contributed by atoms with E-state index in [1.165, 1.54) is 0 Å². The number of nitrogens with one attached hydrogen (secondary N) is 2. The summed E-state index contributed by atoms with van der Waals surface area (Å²) in [5.41, 5.74) is 5.75. The minimum Gasteiger partial charge on any atom is -0.387 e. The number of anilines is 1. The Morgan fingerprint density at radius 2 is 2.11 bits per heavy atom. The van der Waals surface area contributed by atoms with Gasteiger partial charge in [0.25, 0.3) is 0 Å². The zero-order valence-corrected chi connectivity index (χ0v) is 10.7. The topological polar surface area (TPSA) is 56.6 Å². The SMILES string of the molecule is CC(C)NCC(O)C1=Cc2ccccc2NN=C1. The molecule has 1 unspecified atom stereocenters. The molecule has 0 aromatic heterocycles. The number of hydrogen-bond donors (Lipinski definition) is 3. The molecule has 0 radical (unpaired) electrons. The van der Waals surface area contributed by atoms with Crippen molar-refractivity contribution in [2.24, 2.45) is 5.10 Å². The number of hydrazone groups is 1. The van der Waals surface area contributed by atoms with Gasteiger partial charge in [-0.15, -0.1) is 0 Å². The van der Waals surface area contributed by atoms with Crippen LogP contribution in [-0.2, 0) is 0 Å². The van der Waals surface area contributed by atoms with Gasteiger partial charge >= 0.3 is 0 Å². The molecule has 0 amide bonds. The van der Waals surface area contributed by atoms with Crippen LogP contribution in [0.3, 0.4) is 0 Å². The third-order valence-electron chi connectivity index (χ3n) is 2.79. The molecule has 0 saturated heterocycles. The second kappa shape index (κ2) is 5.80. The highest BCUT2D eigenvalue weighted by Crippen LogP contribution is 2.21. The van der Waals surface area contributed by atoms with Crippen LogP contribution in [0, 0.1) is 0 Å². The molecular formula is C14H19N3O.